The molecule has 0 unspecified atom stereocenters. The van der Waals surface area contributed by atoms with E-state index in [1.165, 1.54) is 31.2 Å². The summed E-state index contributed by atoms with van der Waals surface area (Å²) in [5.74, 6) is 1.13. The van der Waals surface area contributed by atoms with Crippen LogP contribution in [0.25, 0.3) is 0 Å². The van der Waals surface area contributed by atoms with Gasteiger partial charge in [0.1, 0.15) is 0 Å². The number of imidazole rings is 1. The molecule has 0 bridgehead atoms. The van der Waals surface area contributed by atoms with E-state index >= 15 is 0 Å². The van der Waals surface area contributed by atoms with E-state index in [0.29, 0.717) is 17.4 Å². The molecule has 1 aromatic carbocycles. The smallest absolute Gasteiger partial charge is 0.257 e. The lowest BCUT2D eigenvalue weighted by Gasteiger charge is -2.10. The van der Waals surface area contributed by atoms with Gasteiger partial charge >= 0.3 is 0 Å². The molecule has 20 heavy (non-hydrogen) atoms. The molecule has 2 aromatic rings. The van der Waals surface area contributed by atoms with Crippen molar-refractivity contribution in [3.63, 3.8) is 0 Å². The number of hydrogen-bond donors (Lipinski definition) is 1. The van der Waals surface area contributed by atoms with Crippen LogP contribution in [0, 0.1) is 0 Å². The van der Waals surface area contributed by atoms with Crippen molar-refractivity contribution in [2.75, 3.05) is 5.32 Å². The minimum atomic E-state index is -0.114. The fraction of sp³-hybridized carbons (Fsp3) is 0.375. The van der Waals surface area contributed by atoms with Gasteiger partial charge in [0.25, 0.3) is 5.91 Å². The van der Waals surface area contributed by atoms with Gasteiger partial charge in [-0.15, -0.1) is 0 Å². The Bertz CT molecular complexity index is 594. The first-order valence-corrected chi connectivity index (χ1v) is 7.12. The molecule has 0 aliphatic heterocycles. The highest BCUT2D eigenvalue weighted by Gasteiger charge is 2.17. The average Bonchev–Trinajstić information content (AvgIpc) is 3.12. The van der Waals surface area contributed by atoms with Gasteiger partial charge in [0, 0.05) is 25.0 Å². The second-order valence-electron chi connectivity index (χ2n) is 5.42. The van der Waals surface area contributed by atoms with E-state index in [1.54, 1.807) is 17.0 Å². The van der Waals surface area contributed by atoms with Gasteiger partial charge in [0.15, 0.2) is 0 Å². The third-order valence-electron chi connectivity index (χ3n) is 4.05. The van der Waals surface area contributed by atoms with E-state index in [1.807, 2.05) is 19.2 Å². The van der Waals surface area contributed by atoms with E-state index < -0.39 is 0 Å². The maximum atomic E-state index is 12.1. The Morgan fingerprint density at radius 3 is 2.55 bits per heavy atom. The molecule has 0 saturated heterocycles. The molecule has 1 amide bonds. The molecule has 1 fully saturated rings. The Labute approximate surface area is 118 Å². The van der Waals surface area contributed by atoms with Crippen LogP contribution in [-0.2, 0) is 7.05 Å². The van der Waals surface area contributed by atoms with E-state index in [-0.39, 0.29) is 5.91 Å². The summed E-state index contributed by atoms with van der Waals surface area (Å²) in [7, 11) is 1.85. The molecular weight excluding hydrogens is 250 g/mol. The standard InChI is InChI=1S/C16H19N3O/c1-19-11-10-17-16(19)18-15(20)14-8-6-13(7-9-14)12-4-2-3-5-12/h6-12H,2-5H2,1H3,(H,17,18,20). The van der Waals surface area contributed by atoms with Crippen LogP contribution < -0.4 is 5.32 Å². The van der Waals surface area contributed by atoms with Crippen molar-refractivity contribution in [1.82, 2.24) is 9.55 Å². The monoisotopic (exact) mass is 269 g/mol. The van der Waals surface area contributed by atoms with Crippen molar-refractivity contribution >= 4 is 11.9 Å². The van der Waals surface area contributed by atoms with E-state index in [9.17, 15) is 4.79 Å². The number of aryl methyl sites for hydroxylation is 1. The second-order valence-corrected chi connectivity index (χ2v) is 5.42. The zero-order valence-electron chi connectivity index (χ0n) is 11.7. The SMILES string of the molecule is Cn1ccnc1NC(=O)c1ccc(C2CCCC2)cc1. The van der Waals surface area contributed by atoms with Crippen LogP contribution in [0.15, 0.2) is 36.7 Å². The largest absolute Gasteiger partial charge is 0.320 e. The Kier molecular flexibility index (Phi) is 3.54. The number of carbonyl (C=O) groups excluding carboxylic acids is 1. The minimum Gasteiger partial charge on any atom is -0.320 e. The Hall–Kier alpha value is -2.10. The van der Waals surface area contributed by atoms with E-state index in [2.05, 4.69) is 22.4 Å². The Morgan fingerprint density at radius 1 is 1.25 bits per heavy atom. The zero-order valence-corrected chi connectivity index (χ0v) is 11.7. The number of benzene rings is 1. The second kappa shape index (κ2) is 5.49. The molecule has 0 radical (unpaired) electrons. The van der Waals surface area contributed by atoms with Gasteiger partial charge in [0.05, 0.1) is 0 Å². The van der Waals surface area contributed by atoms with E-state index in [0.717, 1.165) is 0 Å². The van der Waals surface area contributed by atoms with Gasteiger partial charge in [0.2, 0.25) is 5.95 Å². The number of amides is 1. The first-order chi connectivity index (χ1) is 9.74. The number of nitrogens with zero attached hydrogens (tertiary/aromatic N) is 2. The molecule has 4 nitrogen and oxygen atoms in total. The topological polar surface area (TPSA) is 46.9 Å². The quantitative estimate of drug-likeness (QED) is 0.929. The van der Waals surface area contributed by atoms with Crippen LogP contribution in [0.3, 0.4) is 0 Å². The molecule has 1 aromatic heterocycles. The molecule has 1 aliphatic rings. The van der Waals surface area contributed by atoms with Crippen LogP contribution in [0.2, 0.25) is 0 Å². The predicted molar refractivity (Wildman–Crippen MR) is 78.8 cm³/mol. The lowest BCUT2D eigenvalue weighted by molar-refractivity contribution is 0.102. The van der Waals surface area contributed by atoms with Crippen LogP contribution in [-0.4, -0.2) is 15.5 Å². The third-order valence-corrected chi connectivity index (χ3v) is 4.05. The molecular formula is C16H19N3O. The Morgan fingerprint density at radius 2 is 1.95 bits per heavy atom. The summed E-state index contributed by atoms with van der Waals surface area (Å²) in [5.41, 5.74) is 2.03. The summed E-state index contributed by atoms with van der Waals surface area (Å²) < 4.78 is 1.78. The van der Waals surface area contributed by atoms with Gasteiger partial charge in [-0.25, -0.2) is 4.98 Å². The lowest BCUT2D eigenvalue weighted by Crippen LogP contribution is -2.15. The molecule has 0 spiro atoms. The van der Waals surface area contributed by atoms with Crippen LogP contribution >= 0.6 is 0 Å². The number of aromatic nitrogens is 2. The molecule has 104 valence electrons. The molecule has 1 heterocycles. The molecule has 3 rings (SSSR count). The predicted octanol–water partition coefficient (Wildman–Crippen LogP) is 3.33. The highest BCUT2D eigenvalue weighted by molar-refractivity contribution is 6.03. The van der Waals surface area contributed by atoms with Crippen molar-refractivity contribution < 1.29 is 4.79 Å². The summed E-state index contributed by atoms with van der Waals surface area (Å²) in [6.07, 6.45) is 8.67. The molecule has 1 saturated carbocycles. The van der Waals surface area contributed by atoms with Crippen LogP contribution in [0.1, 0.15) is 47.5 Å². The number of anilines is 1. The highest BCUT2D eigenvalue weighted by atomic mass is 16.1. The summed E-state index contributed by atoms with van der Waals surface area (Å²) in [5, 5.41) is 2.81. The van der Waals surface area contributed by atoms with Gasteiger partial charge in [-0.3, -0.25) is 10.1 Å². The van der Waals surface area contributed by atoms with Gasteiger partial charge in [-0.2, -0.15) is 0 Å². The normalized spacial score (nSPS) is 15.4. The summed E-state index contributed by atoms with van der Waals surface area (Å²) >= 11 is 0. The molecule has 1 N–H and O–H groups in total. The summed E-state index contributed by atoms with van der Waals surface area (Å²) in [6.45, 7) is 0. The first kappa shape index (κ1) is 12.9. The van der Waals surface area contributed by atoms with Gasteiger partial charge in [-0.1, -0.05) is 25.0 Å². The fourth-order valence-corrected chi connectivity index (χ4v) is 2.83. The minimum absolute atomic E-state index is 0.114. The number of carbonyl (C=O) groups is 1. The number of nitrogens with one attached hydrogen (secondary N) is 1. The summed E-state index contributed by atoms with van der Waals surface area (Å²) in [4.78, 5) is 16.2. The zero-order chi connectivity index (χ0) is 13.9. The fourth-order valence-electron chi connectivity index (χ4n) is 2.83. The first-order valence-electron chi connectivity index (χ1n) is 7.12. The summed E-state index contributed by atoms with van der Waals surface area (Å²) in [6, 6.07) is 7.99. The molecule has 0 atom stereocenters. The maximum Gasteiger partial charge on any atom is 0.257 e. The average molecular weight is 269 g/mol. The van der Waals surface area contributed by atoms with Gasteiger partial charge in [-0.05, 0) is 36.5 Å². The highest BCUT2D eigenvalue weighted by Crippen LogP contribution is 2.33. The van der Waals surface area contributed by atoms with Crippen molar-refractivity contribution in [3.05, 3.63) is 47.8 Å². The van der Waals surface area contributed by atoms with Gasteiger partial charge < -0.3 is 4.57 Å². The number of rotatable bonds is 3. The van der Waals surface area contributed by atoms with Crippen molar-refractivity contribution in [2.45, 2.75) is 31.6 Å². The van der Waals surface area contributed by atoms with E-state index in [4.69, 9.17) is 0 Å². The Balaban J connectivity index is 1.70. The third kappa shape index (κ3) is 2.59. The van der Waals surface area contributed by atoms with Crippen LogP contribution in [0.4, 0.5) is 5.95 Å². The van der Waals surface area contributed by atoms with Crippen molar-refractivity contribution in [1.29, 1.82) is 0 Å². The van der Waals surface area contributed by atoms with Crippen molar-refractivity contribution in [3.8, 4) is 0 Å². The van der Waals surface area contributed by atoms with Crippen molar-refractivity contribution in [2.24, 2.45) is 7.05 Å². The number of hydrogen-bond acceptors (Lipinski definition) is 2. The molecule has 4 heteroatoms. The van der Waals surface area contributed by atoms with Crippen LogP contribution in [0.5, 0.6) is 0 Å². The maximum absolute atomic E-state index is 12.1. The molecule has 1 aliphatic carbocycles. The lowest BCUT2D eigenvalue weighted by atomic mass is 9.96.